The van der Waals surface area contributed by atoms with Crippen LogP contribution in [-0.2, 0) is 11.3 Å². The number of hydrogen-bond acceptors (Lipinski definition) is 2. The number of benzene rings is 2. The Morgan fingerprint density at radius 2 is 1.96 bits per heavy atom. The highest BCUT2D eigenvalue weighted by atomic mass is 79.9. The first kappa shape index (κ1) is 17.3. The summed E-state index contributed by atoms with van der Waals surface area (Å²) in [5.41, 5.74) is 2.56. The van der Waals surface area contributed by atoms with E-state index >= 15 is 0 Å². The van der Waals surface area contributed by atoms with E-state index in [0.717, 1.165) is 24.0 Å². The van der Waals surface area contributed by atoms with Gasteiger partial charge in [-0.25, -0.2) is 9.18 Å². The van der Waals surface area contributed by atoms with Gasteiger partial charge in [0, 0.05) is 11.6 Å². The zero-order valence-electron chi connectivity index (χ0n) is 14.2. The Balaban J connectivity index is 1.50. The van der Waals surface area contributed by atoms with Gasteiger partial charge in [-0.1, -0.05) is 48.5 Å². The van der Waals surface area contributed by atoms with Crippen LogP contribution in [0.15, 0.2) is 59.1 Å². The summed E-state index contributed by atoms with van der Waals surface area (Å²) in [6.07, 6.45) is 4.21. The van der Waals surface area contributed by atoms with Crippen LogP contribution < -0.4 is 0 Å². The molecule has 1 fully saturated rings. The first-order valence-electron chi connectivity index (χ1n) is 8.77. The van der Waals surface area contributed by atoms with E-state index in [0.29, 0.717) is 16.5 Å². The number of carbonyl (C=O) groups excluding carboxylic acids is 1. The third-order valence-corrected chi connectivity index (χ3v) is 5.72. The van der Waals surface area contributed by atoms with Crippen molar-refractivity contribution in [2.24, 2.45) is 0 Å². The van der Waals surface area contributed by atoms with Crippen molar-refractivity contribution in [3.05, 3.63) is 76.0 Å². The summed E-state index contributed by atoms with van der Waals surface area (Å²) in [5, 5.41) is 0. The van der Waals surface area contributed by atoms with Crippen LogP contribution in [0.3, 0.4) is 0 Å². The molecule has 2 atom stereocenters. The lowest BCUT2D eigenvalue weighted by Gasteiger charge is -2.33. The molecule has 0 aromatic heterocycles. The first-order valence-corrected chi connectivity index (χ1v) is 9.57. The van der Waals surface area contributed by atoms with Gasteiger partial charge in [-0.2, -0.15) is 0 Å². The number of hydrogen-bond donors (Lipinski definition) is 0. The SMILES string of the molecule is O=C(OCc1ccccc1)N1C2C=C(c3cccc(Br)c3F)CC1CC2. The smallest absolute Gasteiger partial charge is 0.410 e. The van der Waals surface area contributed by atoms with E-state index < -0.39 is 0 Å². The maximum absolute atomic E-state index is 14.4. The summed E-state index contributed by atoms with van der Waals surface area (Å²) < 4.78 is 20.4. The molecule has 2 aliphatic rings. The summed E-state index contributed by atoms with van der Waals surface area (Å²) in [6, 6.07) is 15.0. The summed E-state index contributed by atoms with van der Waals surface area (Å²) >= 11 is 3.25. The fourth-order valence-electron chi connectivity index (χ4n) is 3.86. The molecule has 4 rings (SSSR count). The molecule has 2 unspecified atom stereocenters. The Bertz CT molecular complexity index is 852. The van der Waals surface area contributed by atoms with Gasteiger partial charge in [-0.15, -0.1) is 0 Å². The Kier molecular flexibility index (Phi) is 4.81. The normalized spacial score (nSPS) is 21.5. The van der Waals surface area contributed by atoms with Crippen molar-refractivity contribution >= 4 is 27.6 Å². The number of nitrogens with zero attached hydrogens (tertiary/aromatic N) is 1. The third kappa shape index (κ3) is 3.28. The average molecular weight is 416 g/mol. The minimum atomic E-state index is -0.286. The molecule has 0 aliphatic carbocycles. The van der Waals surface area contributed by atoms with Crippen molar-refractivity contribution in [2.45, 2.75) is 38.0 Å². The van der Waals surface area contributed by atoms with Crippen molar-refractivity contribution < 1.29 is 13.9 Å². The zero-order chi connectivity index (χ0) is 18.1. The first-order chi connectivity index (χ1) is 12.6. The number of rotatable bonds is 3. The highest BCUT2D eigenvalue weighted by Crippen LogP contribution is 2.40. The molecular formula is C21H19BrFNO2. The van der Waals surface area contributed by atoms with Crippen molar-refractivity contribution in [2.75, 3.05) is 0 Å². The van der Waals surface area contributed by atoms with E-state index in [4.69, 9.17) is 4.74 Å². The number of carbonyl (C=O) groups is 1. The third-order valence-electron chi connectivity index (χ3n) is 5.11. The molecule has 2 aliphatic heterocycles. The summed E-state index contributed by atoms with van der Waals surface area (Å²) in [5.74, 6) is -0.238. The summed E-state index contributed by atoms with van der Waals surface area (Å²) in [7, 11) is 0. The molecule has 2 aromatic rings. The lowest BCUT2D eigenvalue weighted by atomic mass is 9.94. The van der Waals surface area contributed by atoms with Crippen molar-refractivity contribution in [3.8, 4) is 0 Å². The van der Waals surface area contributed by atoms with Crippen LogP contribution in [-0.4, -0.2) is 23.1 Å². The van der Waals surface area contributed by atoms with Gasteiger partial charge in [0.25, 0.3) is 0 Å². The van der Waals surface area contributed by atoms with E-state index in [2.05, 4.69) is 15.9 Å². The summed E-state index contributed by atoms with van der Waals surface area (Å²) in [4.78, 5) is 14.4. The number of fused-ring (bicyclic) bond motifs is 2. The molecule has 0 saturated carbocycles. The van der Waals surface area contributed by atoms with Crippen LogP contribution in [0.4, 0.5) is 9.18 Å². The average Bonchev–Trinajstić information content (AvgIpc) is 2.93. The quantitative estimate of drug-likeness (QED) is 0.657. The largest absolute Gasteiger partial charge is 0.445 e. The lowest BCUT2D eigenvalue weighted by Crippen LogP contribution is -2.43. The molecule has 0 radical (unpaired) electrons. The van der Waals surface area contributed by atoms with Gasteiger partial charge in [-0.05, 0) is 52.4 Å². The molecule has 3 nitrogen and oxygen atoms in total. The molecule has 134 valence electrons. The second-order valence-electron chi connectivity index (χ2n) is 6.74. The predicted molar refractivity (Wildman–Crippen MR) is 102 cm³/mol. The number of halogens is 2. The van der Waals surface area contributed by atoms with Crippen LogP contribution in [0, 0.1) is 5.82 Å². The topological polar surface area (TPSA) is 29.5 Å². The van der Waals surface area contributed by atoms with Crippen molar-refractivity contribution in [1.29, 1.82) is 0 Å². The molecule has 1 amide bonds. The van der Waals surface area contributed by atoms with E-state index in [-0.39, 0.29) is 30.6 Å². The Morgan fingerprint density at radius 1 is 1.15 bits per heavy atom. The minimum Gasteiger partial charge on any atom is -0.445 e. The van der Waals surface area contributed by atoms with E-state index in [1.54, 1.807) is 12.1 Å². The predicted octanol–water partition coefficient (Wildman–Crippen LogP) is 5.55. The van der Waals surface area contributed by atoms with Gasteiger partial charge in [-0.3, -0.25) is 4.90 Å². The van der Waals surface area contributed by atoms with Gasteiger partial charge in [0.2, 0.25) is 0 Å². The monoisotopic (exact) mass is 415 g/mol. The molecule has 2 bridgehead atoms. The van der Waals surface area contributed by atoms with Gasteiger partial charge >= 0.3 is 6.09 Å². The molecule has 2 heterocycles. The molecule has 0 N–H and O–H groups in total. The highest BCUT2D eigenvalue weighted by Gasteiger charge is 2.41. The molecule has 0 spiro atoms. The zero-order valence-corrected chi connectivity index (χ0v) is 15.8. The molecular weight excluding hydrogens is 397 g/mol. The summed E-state index contributed by atoms with van der Waals surface area (Å²) in [6.45, 7) is 0.270. The Hall–Kier alpha value is -2.14. The number of ether oxygens (including phenoxy) is 1. The van der Waals surface area contributed by atoms with Crippen LogP contribution in [0.5, 0.6) is 0 Å². The van der Waals surface area contributed by atoms with Gasteiger partial charge in [0.05, 0.1) is 10.5 Å². The van der Waals surface area contributed by atoms with Gasteiger partial charge < -0.3 is 4.74 Å². The van der Waals surface area contributed by atoms with Crippen molar-refractivity contribution in [1.82, 2.24) is 4.90 Å². The number of amides is 1. The minimum absolute atomic E-state index is 0.0228. The van der Waals surface area contributed by atoms with Crippen LogP contribution >= 0.6 is 15.9 Å². The maximum atomic E-state index is 14.4. The molecule has 2 aromatic carbocycles. The standard InChI is InChI=1S/C21H19BrFNO2/c22-19-8-4-7-18(20(19)23)15-11-16-9-10-17(12-15)24(16)21(25)26-13-14-5-2-1-3-6-14/h1-8,11,16-17H,9-10,12-13H2. The van der Waals surface area contributed by atoms with Crippen LogP contribution in [0.1, 0.15) is 30.4 Å². The van der Waals surface area contributed by atoms with Crippen LogP contribution in [0.25, 0.3) is 5.57 Å². The molecule has 5 heteroatoms. The van der Waals surface area contributed by atoms with E-state index in [1.807, 2.05) is 47.4 Å². The van der Waals surface area contributed by atoms with Gasteiger partial charge in [0.15, 0.2) is 0 Å². The Morgan fingerprint density at radius 3 is 2.73 bits per heavy atom. The maximum Gasteiger partial charge on any atom is 0.410 e. The second-order valence-corrected chi connectivity index (χ2v) is 7.60. The molecule has 26 heavy (non-hydrogen) atoms. The highest BCUT2D eigenvalue weighted by molar-refractivity contribution is 9.10. The lowest BCUT2D eigenvalue weighted by molar-refractivity contribution is 0.0832. The van der Waals surface area contributed by atoms with E-state index in [1.165, 1.54) is 0 Å². The van der Waals surface area contributed by atoms with Crippen LogP contribution in [0.2, 0.25) is 0 Å². The fraction of sp³-hybridized carbons (Fsp3) is 0.286. The molecule has 1 saturated heterocycles. The van der Waals surface area contributed by atoms with E-state index in [9.17, 15) is 9.18 Å². The second kappa shape index (κ2) is 7.23. The Labute approximate surface area is 160 Å². The fourth-order valence-corrected chi connectivity index (χ4v) is 4.23. The van der Waals surface area contributed by atoms with Crippen molar-refractivity contribution in [3.63, 3.8) is 0 Å². The van der Waals surface area contributed by atoms with Gasteiger partial charge in [0.1, 0.15) is 12.4 Å².